The number of fused-ring (bicyclic) bond motifs is 1. The molecule has 0 radical (unpaired) electrons. The molecular formula is C12H15N3O. The highest BCUT2D eigenvalue weighted by atomic mass is 16.3. The molecule has 4 nitrogen and oxygen atoms in total. The number of benzene rings is 1. The van der Waals surface area contributed by atoms with Gasteiger partial charge in [-0.25, -0.2) is 0 Å². The van der Waals surface area contributed by atoms with Gasteiger partial charge >= 0.3 is 0 Å². The number of phenolic OH excluding ortho intramolecular Hbond substituents is 1. The molecule has 16 heavy (non-hydrogen) atoms. The van der Waals surface area contributed by atoms with Gasteiger partial charge in [0.05, 0.1) is 12.2 Å². The lowest BCUT2D eigenvalue weighted by atomic mass is 10.1. The van der Waals surface area contributed by atoms with Gasteiger partial charge in [0, 0.05) is 11.9 Å². The van der Waals surface area contributed by atoms with Crippen LogP contribution in [-0.4, -0.2) is 28.0 Å². The van der Waals surface area contributed by atoms with Crippen molar-refractivity contribution in [1.29, 1.82) is 0 Å². The highest BCUT2D eigenvalue weighted by Crippen LogP contribution is 2.28. The summed E-state index contributed by atoms with van der Waals surface area (Å²) in [5.41, 5.74) is 0.858. The van der Waals surface area contributed by atoms with E-state index in [0.29, 0.717) is 11.8 Å². The molecule has 3 rings (SSSR count). The van der Waals surface area contributed by atoms with Crippen molar-refractivity contribution >= 4 is 10.9 Å². The number of hydrogen-bond acceptors (Lipinski definition) is 3. The van der Waals surface area contributed by atoms with E-state index in [9.17, 15) is 5.11 Å². The highest BCUT2D eigenvalue weighted by Gasteiger charge is 2.18. The molecular weight excluding hydrogens is 202 g/mol. The van der Waals surface area contributed by atoms with Gasteiger partial charge in [-0.15, -0.1) is 0 Å². The quantitative estimate of drug-likeness (QED) is 0.764. The van der Waals surface area contributed by atoms with Gasteiger partial charge in [-0.1, -0.05) is 12.1 Å². The fourth-order valence-electron chi connectivity index (χ4n) is 2.40. The smallest absolute Gasteiger partial charge is 0.141 e. The largest absolute Gasteiger partial charge is 0.506 e. The first-order chi connectivity index (χ1) is 7.86. The van der Waals surface area contributed by atoms with Crippen LogP contribution in [0.4, 0.5) is 0 Å². The van der Waals surface area contributed by atoms with Crippen LogP contribution in [0.15, 0.2) is 24.4 Å². The third-order valence-electron chi connectivity index (χ3n) is 3.21. The molecule has 1 aromatic carbocycles. The van der Waals surface area contributed by atoms with E-state index in [2.05, 4.69) is 10.4 Å². The predicted molar refractivity (Wildman–Crippen MR) is 62.5 cm³/mol. The molecule has 0 bridgehead atoms. The van der Waals surface area contributed by atoms with Crippen molar-refractivity contribution in [1.82, 2.24) is 15.1 Å². The summed E-state index contributed by atoms with van der Waals surface area (Å²) in [6, 6.07) is 5.91. The van der Waals surface area contributed by atoms with Crippen LogP contribution in [0.2, 0.25) is 0 Å². The van der Waals surface area contributed by atoms with Gasteiger partial charge in [0.2, 0.25) is 0 Å². The Hall–Kier alpha value is -1.55. The first-order valence-corrected chi connectivity index (χ1v) is 5.72. The van der Waals surface area contributed by atoms with Gasteiger partial charge in [0.1, 0.15) is 11.3 Å². The van der Waals surface area contributed by atoms with Crippen LogP contribution in [0, 0.1) is 0 Å². The summed E-state index contributed by atoms with van der Waals surface area (Å²) < 4.78 is 1.96. The second kappa shape index (κ2) is 3.79. The van der Waals surface area contributed by atoms with Crippen LogP contribution in [-0.2, 0) is 0 Å². The number of aromatic nitrogens is 2. The molecule has 1 atom stereocenters. The summed E-state index contributed by atoms with van der Waals surface area (Å²) in [7, 11) is 0. The number of rotatable bonds is 1. The highest BCUT2D eigenvalue weighted by molar-refractivity contribution is 5.84. The molecule has 1 fully saturated rings. The van der Waals surface area contributed by atoms with Crippen LogP contribution in [0.1, 0.15) is 18.9 Å². The zero-order valence-electron chi connectivity index (χ0n) is 9.06. The Morgan fingerprint density at radius 3 is 3.19 bits per heavy atom. The van der Waals surface area contributed by atoms with Crippen molar-refractivity contribution in [3.05, 3.63) is 24.4 Å². The molecule has 0 aliphatic carbocycles. The maximum Gasteiger partial charge on any atom is 0.141 e. The van der Waals surface area contributed by atoms with E-state index in [1.807, 2.05) is 23.0 Å². The van der Waals surface area contributed by atoms with Gasteiger partial charge < -0.3 is 10.4 Å². The van der Waals surface area contributed by atoms with Crippen molar-refractivity contribution in [2.75, 3.05) is 13.1 Å². The number of nitrogens with one attached hydrogen (secondary N) is 1. The van der Waals surface area contributed by atoms with Crippen LogP contribution in [0.3, 0.4) is 0 Å². The minimum atomic E-state index is 0.320. The summed E-state index contributed by atoms with van der Waals surface area (Å²) >= 11 is 0. The van der Waals surface area contributed by atoms with Gasteiger partial charge in [0.15, 0.2) is 0 Å². The molecule has 4 heteroatoms. The van der Waals surface area contributed by atoms with E-state index in [4.69, 9.17) is 0 Å². The minimum absolute atomic E-state index is 0.320. The van der Waals surface area contributed by atoms with E-state index in [-0.39, 0.29) is 0 Å². The third kappa shape index (κ3) is 1.46. The normalized spacial score (nSPS) is 21.4. The fourth-order valence-corrected chi connectivity index (χ4v) is 2.40. The second-order valence-corrected chi connectivity index (χ2v) is 4.30. The predicted octanol–water partition coefficient (Wildman–Crippen LogP) is 1.67. The van der Waals surface area contributed by atoms with E-state index >= 15 is 0 Å². The van der Waals surface area contributed by atoms with Crippen molar-refractivity contribution in [3.8, 4) is 5.75 Å². The number of aromatic hydroxyl groups is 1. The zero-order chi connectivity index (χ0) is 11.0. The standard InChI is InChI=1S/C12H15N3O/c16-11-5-1-3-9-7-14-15(12(9)11)10-4-2-6-13-8-10/h1,3,5,7,10,13,16H,2,4,6,8H2. The number of hydrogen-bond donors (Lipinski definition) is 2. The van der Waals surface area contributed by atoms with Crippen molar-refractivity contribution < 1.29 is 5.11 Å². The van der Waals surface area contributed by atoms with E-state index in [1.54, 1.807) is 6.07 Å². The number of piperidine rings is 1. The number of phenols is 1. The summed E-state index contributed by atoms with van der Waals surface area (Å²) in [6.45, 7) is 2.02. The molecule has 1 unspecified atom stereocenters. The Bertz CT molecular complexity index is 500. The molecule has 1 saturated heterocycles. The summed E-state index contributed by atoms with van der Waals surface area (Å²) in [5.74, 6) is 0.320. The van der Waals surface area contributed by atoms with Crippen molar-refractivity contribution in [3.63, 3.8) is 0 Å². The van der Waals surface area contributed by atoms with Crippen LogP contribution in [0.25, 0.3) is 10.9 Å². The van der Waals surface area contributed by atoms with E-state index in [1.165, 1.54) is 6.42 Å². The Labute approximate surface area is 93.9 Å². The van der Waals surface area contributed by atoms with E-state index < -0.39 is 0 Å². The molecule has 0 spiro atoms. The van der Waals surface area contributed by atoms with Crippen molar-refractivity contribution in [2.45, 2.75) is 18.9 Å². The monoisotopic (exact) mass is 217 g/mol. The summed E-state index contributed by atoms with van der Waals surface area (Å²) in [5, 5.41) is 18.7. The summed E-state index contributed by atoms with van der Waals surface area (Å²) in [4.78, 5) is 0. The molecule has 2 aromatic rings. The van der Waals surface area contributed by atoms with Gasteiger partial charge in [0.25, 0.3) is 0 Å². The maximum atomic E-state index is 9.89. The lowest BCUT2D eigenvalue weighted by Crippen LogP contribution is -2.32. The molecule has 2 N–H and O–H groups in total. The van der Waals surface area contributed by atoms with Gasteiger partial charge in [-0.3, -0.25) is 4.68 Å². The molecule has 0 amide bonds. The number of para-hydroxylation sites is 1. The maximum absolute atomic E-state index is 9.89. The Balaban J connectivity index is 2.09. The molecule has 0 saturated carbocycles. The number of nitrogens with zero attached hydrogens (tertiary/aromatic N) is 2. The van der Waals surface area contributed by atoms with Crippen LogP contribution in [0.5, 0.6) is 5.75 Å². The first-order valence-electron chi connectivity index (χ1n) is 5.72. The lowest BCUT2D eigenvalue weighted by Gasteiger charge is -2.23. The molecule has 1 aromatic heterocycles. The van der Waals surface area contributed by atoms with Crippen LogP contribution >= 0.6 is 0 Å². The SMILES string of the molecule is Oc1cccc2cnn(C3CCCNC3)c12. The van der Waals surface area contributed by atoms with E-state index in [0.717, 1.165) is 30.4 Å². The van der Waals surface area contributed by atoms with Crippen molar-refractivity contribution in [2.24, 2.45) is 0 Å². The Morgan fingerprint density at radius 2 is 2.38 bits per heavy atom. The fraction of sp³-hybridized carbons (Fsp3) is 0.417. The average molecular weight is 217 g/mol. The Kier molecular flexibility index (Phi) is 2.29. The van der Waals surface area contributed by atoms with Gasteiger partial charge in [-0.2, -0.15) is 5.10 Å². The summed E-state index contributed by atoms with van der Waals surface area (Å²) in [6.07, 6.45) is 4.11. The molecule has 2 heterocycles. The topological polar surface area (TPSA) is 50.1 Å². The Morgan fingerprint density at radius 1 is 1.44 bits per heavy atom. The zero-order valence-corrected chi connectivity index (χ0v) is 9.06. The average Bonchev–Trinajstić information content (AvgIpc) is 2.75. The molecule has 84 valence electrons. The third-order valence-corrected chi connectivity index (χ3v) is 3.21. The second-order valence-electron chi connectivity index (χ2n) is 4.30. The molecule has 1 aliphatic rings. The van der Waals surface area contributed by atoms with Gasteiger partial charge in [-0.05, 0) is 25.5 Å². The molecule has 1 aliphatic heterocycles. The lowest BCUT2D eigenvalue weighted by molar-refractivity contribution is 0.352. The minimum Gasteiger partial charge on any atom is -0.506 e. The van der Waals surface area contributed by atoms with Crippen LogP contribution < -0.4 is 5.32 Å². The first kappa shape index (κ1) is 9.66.